The van der Waals surface area contributed by atoms with Gasteiger partial charge in [-0.25, -0.2) is 28.1 Å². The van der Waals surface area contributed by atoms with E-state index in [0.717, 1.165) is 47.1 Å². The van der Waals surface area contributed by atoms with Gasteiger partial charge in [-0.15, -0.1) is 0 Å². The topological polar surface area (TPSA) is 144 Å². The zero-order chi connectivity index (χ0) is 32.9. The number of para-hydroxylation sites is 2. The molecule has 0 radical (unpaired) electrons. The van der Waals surface area contributed by atoms with Gasteiger partial charge in [0.15, 0.2) is 5.69 Å². The minimum absolute atomic E-state index is 0.0350. The molecule has 0 bridgehead atoms. The molecule has 1 atom stereocenters. The van der Waals surface area contributed by atoms with E-state index in [1.165, 1.54) is 6.07 Å². The Labute approximate surface area is 271 Å². The standard InChI is InChI=1S/C32H35ClN8O4S/c1-18-16-22(19(2)34-25-10-11-27(33)36-29(25)30(42)38-46(5,44)45)28-23(17-18)31(43)39(4)32(37-28)40-14-12-21(13-15-40)41-20(3)35-24-8-6-7-9-26(24)41/h6-11,16-17,19,21,34H,12-15H2,1-5H3,(H,38,42)/t19-/m1/s1. The van der Waals surface area contributed by atoms with Gasteiger partial charge in [0.25, 0.3) is 11.5 Å². The van der Waals surface area contributed by atoms with Crippen LogP contribution in [-0.2, 0) is 17.1 Å². The maximum Gasteiger partial charge on any atom is 0.285 e. The fourth-order valence-electron chi connectivity index (χ4n) is 6.36. The van der Waals surface area contributed by atoms with Crippen molar-refractivity contribution in [2.24, 2.45) is 7.05 Å². The third-order valence-electron chi connectivity index (χ3n) is 8.41. The molecule has 14 heteroatoms. The number of aryl methyl sites for hydroxylation is 2. The lowest BCUT2D eigenvalue weighted by Gasteiger charge is -2.35. The second kappa shape index (κ2) is 12.0. The number of fused-ring (bicyclic) bond motifs is 2. The lowest BCUT2D eigenvalue weighted by molar-refractivity contribution is 0.0977. The van der Waals surface area contributed by atoms with Crippen LogP contribution in [0.2, 0.25) is 5.15 Å². The Morgan fingerprint density at radius 3 is 2.48 bits per heavy atom. The molecule has 1 saturated heterocycles. The minimum atomic E-state index is -3.84. The number of aromatic nitrogens is 5. The summed E-state index contributed by atoms with van der Waals surface area (Å²) >= 11 is 6.05. The van der Waals surface area contributed by atoms with E-state index in [4.69, 9.17) is 21.6 Å². The number of anilines is 2. The summed E-state index contributed by atoms with van der Waals surface area (Å²) in [6, 6.07) is 14.9. The van der Waals surface area contributed by atoms with Crippen LogP contribution in [0.5, 0.6) is 0 Å². The van der Waals surface area contributed by atoms with E-state index < -0.39 is 22.0 Å². The smallest absolute Gasteiger partial charge is 0.285 e. The molecule has 1 fully saturated rings. The molecule has 0 aliphatic carbocycles. The zero-order valence-corrected chi connectivity index (χ0v) is 27.8. The lowest BCUT2D eigenvalue weighted by atomic mass is 10.0. The Hall–Kier alpha value is -4.49. The first-order valence-electron chi connectivity index (χ1n) is 15.0. The quantitative estimate of drug-likeness (QED) is 0.238. The van der Waals surface area contributed by atoms with E-state index in [0.29, 0.717) is 29.9 Å². The Morgan fingerprint density at radius 1 is 1.04 bits per heavy atom. The van der Waals surface area contributed by atoms with Gasteiger partial charge < -0.3 is 14.8 Å². The molecule has 0 saturated carbocycles. The Balaban J connectivity index is 1.32. The van der Waals surface area contributed by atoms with Crippen LogP contribution >= 0.6 is 11.6 Å². The van der Waals surface area contributed by atoms with E-state index in [1.54, 1.807) is 17.7 Å². The summed E-state index contributed by atoms with van der Waals surface area (Å²) in [7, 11) is -2.09. The number of halogens is 1. The molecule has 3 aromatic heterocycles. The molecule has 1 aliphatic rings. The highest BCUT2D eigenvalue weighted by Crippen LogP contribution is 2.32. The third-order valence-corrected chi connectivity index (χ3v) is 9.17. The second-order valence-corrected chi connectivity index (χ2v) is 14.0. The van der Waals surface area contributed by atoms with Crippen LogP contribution in [0.15, 0.2) is 53.3 Å². The highest BCUT2D eigenvalue weighted by Gasteiger charge is 2.27. The van der Waals surface area contributed by atoms with Gasteiger partial charge in [-0.05, 0) is 69.5 Å². The summed E-state index contributed by atoms with van der Waals surface area (Å²) in [6.07, 6.45) is 2.63. The number of sulfonamides is 1. The number of hydrogen-bond donors (Lipinski definition) is 2. The summed E-state index contributed by atoms with van der Waals surface area (Å²) in [6.45, 7) is 7.26. The third kappa shape index (κ3) is 6.04. The number of piperidine rings is 1. The number of amides is 1. The first-order valence-corrected chi connectivity index (χ1v) is 17.2. The van der Waals surface area contributed by atoms with Gasteiger partial charge in [-0.2, -0.15) is 0 Å². The molecule has 0 spiro atoms. The summed E-state index contributed by atoms with van der Waals surface area (Å²) < 4.78 is 29.4. The van der Waals surface area contributed by atoms with Crippen molar-refractivity contribution in [2.75, 3.05) is 29.6 Å². The molecule has 1 aliphatic heterocycles. The van der Waals surface area contributed by atoms with E-state index in [2.05, 4.69) is 25.8 Å². The molecule has 12 nitrogen and oxygen atoms in total. The number of nitrogens with zero attached hydrogens (tertiary/aromatic N) is 6. The normalized spacial score (nSPS) is 15.0. The van der Waals surface area contributed by atoms with E-state index in [-0.39, 0.29) is 28.1 Å². The van der Waals surface area contributed by atoms with Crippen molar-refractivity contribution in [1.29, 1.82) is 0 Å². The Bertz CT molecular complexity index is 2170. The SMILES string of the molecule is Cc1cc([C@@H](C)Nc2ccc(Cl)nc2C(=O)NS(C)(=O)=O)c2nc(N3CCC(n4c(C)nc5ccccc54)CC3)n(C)c(=O)c2c1. The Kier molecular flexibility index (Phi) is 8.23. The molecular weight excluding hydrogens is 628 g/mol. The molecule has 0 unspecified atom stereocenters. The zero-order valence-electron chi connectivity index (χ0n) is 26.2. The van der Waals surface area contributed by atoms with Gasteiger partial charge in [0.05, 0.1) is 39.9 Å². The maximum atomic E-state index is 13.8. The summed E-state index contributed by atoms with van der Waals surface area (Å²) in [5, 5.41) is 3.78. The Morgan fingerprint density at radius 2 is 1.76 bits per heavy atom. The summed E-state index contributed by atoms with van der Waals surface area (Å²) in [5.74, 6) is 0.664. The van der Waals surface area contributed by atoms with Crippen LogP contribution in [0.1, 0.15) is 59.3 Å². The summed E-state index contributed by atoms with van der Waals surface area (Å²) in [5.41, 5.74) is 4.23. The van der Waals surface area contributed by atoms with E-state index in [1.807, 2.05) is 55.8 Å². The molecule has 2 N–H and O–H groups in total. The van der Waals surface area contributed by atoms with Gasteiger partial charge in [0, 0.05) is 31.7 Å². The van der Waals surface area contributed by atoms with Gasteiger partial charge in [0.1, 0.15) is 11.0 Å². The minimum Gasteiger partial charge on any atom is -0.377 e. The molecular formula is C32H35ClN8O4S. The largest absolute Gasteiger partial charge is 0.377 e. The van der Waals surface area contributed by atoms with Gasteiger partial charge in [0.2, 0.25) is 16.0 Å². The number of imidazole rings is 1. The first kappa shape index (κ1) is 31.5. The average molecular weight is 663 g/mol. The molecule has 4 heterocycles. The van der Waals surface area contributed by atoms with Crippen LogP contribution in [0.3, 0.4) is 0 Å². The lowest BCUT2D eigenvalue weighted by Crippen LogP contribution is -2.39. The van der Waals surface area contributed by atoms with Crippen LogP contribution in [0.25, 0.3) is 21.9 Å². The van der Waals surface area contributed by atoms with Gasteiger partial charge >= 0.3 is 0 Å². The van der Waals surface area contributed by atoms with Crippen molar-refractivity contribution in [2.45, 2.75) is 45.7 Å². The number of nitrogens with one attached hydrogen (secondary N) is 2. The molecule has 1 amide bonds. The van der Waals surface area contributed by atoms with Crippen LogP contribution in [-0.4, -0.2) is 57.8 Å². The maximum absolute atomic E-state index is 13.8. The molecule has 5 aromatic rings. The molecule has 240 valence electrons. The van der Waals surface area contributed by atoms with Crippen molar-refractivity contribution < 1.29 is 13.2 Å². The summed E-state index contributed by atoms with van der Waals surface area (Å²) in [4.78, 5) is 42.6. The molecule has 6 rings (SSSR count). The van der Waals surface area contributed by atoms with Crippen molar-refractivity contribution >= 4 is 61.1 Å². The number of carbonyl (C=O) groups is 1. The van der Waals surface area contributed by atoms with E-state index in [9.17, 15) is 18.0 Å². The van der Waals surface area contributed by atoms with Crippen molar-refractivity contribution in [3.05, 3.63) is 86.7 Å². The van der Waals surface area contributed by atoms with Crippen molar-refractivity contribution in [3.8, 4) is 0 Å². The van der Waals surface area contributed by atoms with Crippen molar-refractivity contribution in [1.82, 2.24) is 28.8 Å². The fourth-order valence-corrected chi connectivity index (χ4v) is 6.94. The highest BCUT2D eigenvalue weighted by atomic mass is 35.5. The fraction of sp³-hybridized carbons (Fsp3) is 0.344. The van der Waals surface area contributed by atoms with Gasteiger partial charge in [-0.3, -0.25) is 14.2 Å². The predicted octanol–water partition coefficient (Wildman–Crippen LogP) is 4.65. The van der Waals surface area contributed by atoms with Crippen LogP contribution in [0.4, 0.5) is 11.6 Å². The highest BCUT2D eigenvalue weighted by molar-refractivity contribution is 7.89. The number of hydrogen-bond acceptors (Lipinski definition) is 9. The van der Waals surface area contributed by atoms with Crippen LogP contribution in [0, 0.1) is 13.8 Å². The number of carbonyl (C=O) groups excluding carboxylic acids is 1. The van der Waals surface area contributed by atoms with Crippen LogP contribution < -0.4 is 20.5 Å². The second-order valence-electron chi connectivity index (χ2n) is 11.9. The molecule has 2 aromatic carbocycles. The number of benzene rings is 2. The predicted molar refractivity (Wildman–Crippen MR) is 180 cm³/mol. The monoisotopic (exact) mass is 662 g/mol. The number of rotatable bonds is 7. The van der Waals surface area contributed by atoms with Crippen molar-refractivity contribution in [3.63, 3.8) is 0 Å². The van der Waals surface area contributed by atoms with E-state index >= 15 is 0 Å². The van der Waals surface area contributed by atoms with Gasteiger partial charge in [-0.1, -0.05) is 29.8 Å². The number of pyridine rings is 1. The average Bonchev–Trinajstić information content (AvgIpc) is 3.34. The molecule has 46 heavy (non-hydrogen) atoms. The first-order chi connectivity index (χ1) is 21.8.